The molecule has 3 amide bonds. The zero-order chi connectivity index (χ0) is 75.1. The van der Waals surface area contributed by atoms with Gasteiger partial charge in [-0.15, -0.1) is 11.3 Å². The summed E-state index contributed by atoms with van der Waals surface area (Å²) in [7, 11) is 0. The van der Waals surface area contributed by atoms with E-state index in [0.717, 1.165) is 249 Å². The number of thiazole rings is 1. The summed E-state index contributed by atoms with van der Waals surface area (Å²) in [5, 5.41) is 46.5. The van der Waals surface area contributed by atoms with Crippen molar-refractivity contribution in [2.45, 2.75) is 281 Å². The van der Waals surface area contributed by atoms with Crippen LogP contribution >= 0.6 is 11.3 Å². The van der Waals surface area contributed by atoms with E-state index in [2.05, 4.69) is 108 Å². The van der Waals surface area contributed by atoms with Crippen LogP contribution < -0.4 is 16.0 Å². The number of piperidine rings is 3. The van der Waals surface area contributed by atoms with Crippen LogP contribution in [0.4, 0.5) is 17.8 Å². The number of allylic oxidation sites excluding steroid dienone is 1. The number of amides is 3. The molecule has 4 aliphatic carbocycles. The molecular weight excluding hydrogens is 1380 g/mol. The van der Waals surface area contributed by atoms with E-state index in [0.29, 0.717) is 76.6 Å². The van der Waals surface area contributed by atoms with Gasteiger partial charge >= 0.3 is 0 Å². The van der Waals surface area contributed by atoms with Crippen molar-refractivity contribution in [3.63, 3.8) is 0 Å². The molecule has 25 heteroatoms. The maximum Gasteiger partial charge on any atom is 0.282 e. The van der Waals surface area contributed by atoms with Crippen LogP contribution in [-0.4, -0.2) is 183 Å². The first-order valence-corrected chi connectivity index (χ1v) is 41.7. The first-order chi connectivity index (χ1) is 52.4. The van der Waals surface area contributed by atoms with Crippen molar-refractivity contribution >= 4 is 86.2 Å². The molecule has 0 aromatic carbocycles. The van der Waals surface area contributed by atoms with Gasteiger partial charge in [0.1, 0.15) is 22.6 Å². The lowest BCUT2D eigenvalue weighted by Gasteiger charge is -2.32. The third kappa shape index (κ3) is 17.8. The first-order valence-electron chi connectivity index (χ1n) is 40.9. The zero-order valence-electron chi connectivity index (χ0n) is 64.5. The molecule has 8 aromatic rings. The molecule has 12 heterocycles. The summed E-state index contributed by atoms with van der Waals surface area (Å²) in [6.07, 6.45) is 41.6. The number of carbonyl (C=O) groups excluding carboxylic acids is 3. The minimum atomic E-state index is -0.186. The molecule has 108 heavy (non-hydrogen) atoms. The summed E-state index contributed by atoms with van der Waals surface area (Å²) in [5.41, 5.74) is 9.97. The number of rotatable bonds is 20. The second-order valence-corrected chi connectivity index (χ2v) is 33.2. The summed E-state index contributed by atoms with van der Waals surface area (Å²) in [4.78, 5) is 86.6. The van der Waals surface area contributed by atoms with Crippen LogP contribution in [0.2, 0.25) is 0 Å². The SMILES string of the molecule is CCC[C@H](C)Nc1ncc2c(C3CCN(C(=O)C4=CCC=N4)CC3)cn(C3CCC(O)CC3)c2n1.CCC[C@H](C)Nc1ncc2c(C3CCN(C(=O)c4nccs4)CC3)cn(C3CCC(O)CC3)c2n1.CC[C@@H]1C[C@H]1Nc1ncc2c(C3CCN(C(=O)c4cc(C)nc(C)c4)CC3)cn(C3CCC(O)CC3)c2n1. The van der Waals surface area contributed by atoms with Gasteiger partial charge in [-0.1, -0.05) is 40.0 Å². The molecule has 0 unspecified atom stereocenters. The van der Waals surface area contributed by atoms with Crippen LogP contribution in [0.25, 0.3) is 33.1 Å². The van der Waals surface area contributed by atoms with Crippen molar-refractivity contribution in [1.82, 2.24) is 68.3 Å². The van der Waals surface area contributed by atoms with Gasteiger partial charge in [0, 0.05) is 170 Å². The van der Waals surface area contributed by atoms with E-state index in [-0.39, 0.29) is 36.0 Å². The number of aliphatic hydroxyl groups excluding tert-OH is 3. The van der Waals surface area contributed by atoms with Gasteiger partial charge in [-0.05, 0) is 221 Å². The second-order valence-electron chi connectivity index (χ2n) is 32.3. The molecule has 24 nitrogen and oxygen atoms in total. The number of nitrogens with zero attached hydrogens (tertiary/aromatic N) is 15. The zero-order valence-corrected chi connectivity index (χ0v) is 65.4. The molecule has 8 aromatic heterocycles. The van der Waals surface area contributed by atoms with E-state index in [4.69, 9.17) is 19.9 Å². The number of aliphatic hydroxyl groups is 3. The fourth-order valence-corrected chi connectivity index (χ4v) is 18.7. The molecule has 4 aliphatic heterocycles. The lowest BCUT2D eigenvalue weighted by atomic mass is 9.89. The van der Waals surface area contributed by atoms with Gasteiger partial charge in [-0.25, -0.2) is 19.9 Å². The lowest BCUT2D eigenvalue weighted by molar-refractivity contribution is -0.128. The van der Waals surface area contributed by atoms with Gasteiger partial charge in [-0.3, -0.25) is 24.4 Å². The van der Waals surface area contributed by atoms with E-state index in [1.807, 2.05) is 70.7 Å². The number of carbonyl (C=O) groups is 3. The quantitative estimate of drug-likeness (QED) is 0.0413. The number of aromatic nitrogens is 11. The van der Waals surface area contributed by atoms with Gasteiger partial charge in [0.05, 0.1) is 18.3 Å². The number of pyridine rings is 1. The predicted octanol–water partition coefficient (Wildman–Crippen LogP) is 14.7. The first kappa shape index (κ1) is 76.5. The average Bonchev–Trinajstić information content (AvgIpc) is 1.63. The monoisotopic (exact) mass is 1490 g/mol. The summed E-state index contributed by atoms with van der Waals surface area (Å²) >= 11 is 1.41. The summed E-state index contributed by atoms with van der Waals surface area (Å²) in [5.74, 6) is 4.14. The third-order valence-corrected chi connectivity index (χ3v) is 25.2. The number of fused-ring (bicyclic) bond motifs is 3. The highest BCUT2D eigenvalue weighted by Crippen LogP contribution is 2.44. The maximum absolute atomic E-state index is 13.2. The van der Waals surface area contributed by atoms with E-state index < -0.39 is 0 Å². The summed E-state index contributed by atoms with van der Waals surface area (Å²) < 4.78 is 7.07. The Kier molecular flexibility index (Phi) is 24.6. The van der Waals surface area contributed by atoms with Crippen LogP contribution in [0.15, 0.2) is 77.7 Å². The Bertz CT molecular complexity index is 4420. The molecule has 7 fully saturated rings. The summed E-state index contributed by atoms with van der Waals surface area (Å²) in [6.45, 7) is 19.3. The van der Waals surface area contributed by atoms with E-state index in [1.165, 1.54) is 40.9 Å². The van der Waals surface area contributed by atoms with Crippen LogP contribution in [0.1, 0.15) is 279 Å². The van der Waals surface area contributed by atoms with E-state index in [9.17, 15) is 29.7 Å². The molecule has 4 saturated carbocycles. The van der Waals surface area contributed by atoms with Crippen LogP contribution in [0, 0.1) is 19.8 Å². The van der Waals surface area contributed by atoms with Crippen molar-refractivity contribution < 1.29 is 29.7 Å². The van der Waals surface area contributed by atoms with Gasteiger partial charge in [0.2, 0.25) is 17.8 Å². The lowest BCUT2D eigenvalue weighted by Crippen LogP contribution is -2.38. The molecular formula is C83H114N18O6S. The molecule has 0 bridgehead atoms. The van der Waals surface area contributed by atoms with Gasteiger partial charge in [0.25, 0.3) is 17.7 Å². The molecule has 4 atom stereocenters. The van der Waals surface area contributed by atoms with E-state index in [1.54, 1.807) is 12.4 Å². The van der Waals surface area contributed by atoms with Gasteiger partial charge in [-0.2, -0.15) is 15.0 Å². The predicted molar refractivity (Wildman–Crippen MR) is 426 cm³/mol. The number of hydrogen-bond acceptors (Lipinski definition) is 19. The van der Waals surface area contributed by atoms with Gasteiger partial charge in [0.15, 0.2) is 5.01 Å². The Labute approximate surface area is 639 Å². The second kappa shape index (κ2) is 34.8. The number of aryl methyl sites for hydroxylation is 2. The topological polar surface area (TPSA) is 288 Å². The molecule has 0 spiro atoms. The number of nitrogens with one attached hydrogen (secondary N) is 3. The standard InChI is InChI=1S/C30H40N6O2.C27H38N6O2.C26H36N6O2S/c1-4-20-15-27(20)33-30-31-16-25-26(17-36(28(25)34-30)23-5-7-24(37)8-6-23)21-9-11-35(12-10-21)29(38)22-13-18(2)32-19(3)14-22;1-3-5-18(2)30-27-29-16-22-23(17-33(25(22)31-27)20-7-9-21(34)10-8-20)19-11-14-32(15-12-19)26(35)24-6-4-13-28-24;1-3-4-17(2)29-26-28-15-21-22(16-32(23(21)30-26)19-5-7-20(33)8-6-19)18-9-12-31(13-10-18)25(34)24-27-11-14-35-24/h13-14,16-17,20-21,23-24,27,37H,4-12,15H2,1-3H3,(H,31,33,34);6,13,16-21,34H,3-5,7-12,14-15H2,1-2H3,(H,29,30,31);11,14-20,33H,3-10,12-13H2,1-2H3,(H,28,29,30)/t20-,23?,24?,27-;18-,20?,21?;17-,19?,20?/m100/s1. The highest BCUT2D eigenvalue weighted by Gasteiger charge is 2.38. The van der Waals surface area contributed by atoms with Crippen molar-refractivity contribution in [2.24, 2.45) is 10.9 Å². The number of aliphatic imine (C=N–C) groups is 1. The molecule has 3 saturated heterocycles. The molecule has 8 aliphatic rings. The Balaban J connectivity index is 0.000000136. The Hall–Kier alpha value is -8.26. The minimum Gasteiger partial charge on any atom is -0.393 e. The van der Waals surface area contributed by atoms with Crippen molar-refractivity contribution in [3.8, 4) is 0 Å². The van der Waals surface area contributed by atoms with Crippen LogP contribution in [0.5, 0.6) is 0 Å². The van der Waals surface area contributed by atoms with Crippen molar-refractivity contribution in [1.29, 1.82) is 0 Å². The average molecular weight is 1490 g/mol. The Morgan fingerprint density at radius 1 is 0.519 bits per heavy atom. The van der Waals surface area contributed by atoms with Crippen LogP contribution in [0.3, 0.4) is 0 Å². The van der Waals surface area contributed by atoms with Crippen molar-refractivity contribution in [3.05, 3.63) is 111 Å². The molecule has 6 N–H and O–H groups in total. The highest BCUT2D eigenvalue weighted by molar-refractivity contribution is 7.11. The molecule has 16 rings (SSSR count). The largest absolute Gasteiger partial charge is 0.393 e. The number of hydrogen-bond donors (Lipinski definition) is 6. The third-order valence-electron chi connectivity index (χ3n) is 24.4. The normalized spacial score (nSPS) is 24.2. The number of likely N-dealkylation sites (tertiary alicyclic amines) is 3. The van der Waals surface area contributed by atoms with Crippen molar-refractivity contribution in [2.75, 3.05) is 55.2 Å². The summed E-state index contributed by atoms with van der Waals surface area (Å²) in [6, 6.07) is 5.96. The smallest absolute Gasteiger partial charge is 0.282 e. The Morgan fingerprint density at radius 3 is 1.31 bits per heavy atom. The highest BCUT2D eigenvalue weighted by atomic mass is 32.1. The fraction of sp³-hybridized carbons (Fsp3) is 0.614. The number of anilines is 3. The fourth-order valence-electron chi connectivity index (χ4n) is 18.1. The van der Waals surface area contributed by atoms with E-state index >= 15 is 0 Å². The maximum atomic E-state index is 13.2. The van der Waals surface area contributed by atoms with Crippen LogP contribution in [-0.2, 0) is 4.79 Å². The molecule has 578 valence electrons. The Morgan fingerprint density at radius 2 is 0.926 bits per heavy atom. The minimum absolute atomic E-state index is 0.0434. The molecule has 0 radical (unpaired) electrons. The van der Waals surface area contributed by atoms with Gasteiger partial charge < -0.3 is 59.7 Å².